The van der Waals surface area contributed by atoms with Gasteiger partial charge in [-0.25, -0.2) is 9.97 Å². The summed E-state index contributed by atoms with van der Waals surface area (Å²) in [6.45, 7) is 4.59. The number of rotatable bonds is 7. The normalized spacial score (nSPS) is 10.8. The summed E-state index contributed by atoms with van der Waals surface area (Å²) in [5, 5.41) is 0.783. The lowest BCUT2D eigenvalue weighted by molar-refractivity contribution is -0.130. The van der Waals surface area contributed by atoms with Crippen LogP contribution in [-0.4, -0.2) is 34.1 Å². The van der Waals surface area contributed by atoms with Gasteiger partial charge in [-0.2, -0.15) is 0 Å². The first kappa shape index (κ1) is 21.1. The summed E-state index contributed by atoms with van der Waals surface area (Å²) in [6.07, 6.45) is 3.10. The van der Waals surface area contributed by atoms with Gasteiger partial charge in [0, 0.05) is 31.4 Å². The van der Waals surface area contributed by atoms with Crippen LogP contribution < -0.4 is 0 Å². The van der Waals surface area contributed by atoms with E-state index in [1.807, 2.05) is 45.4 Å². The number of amides is 1. The lowest BCUT2D eigenvalue weighted by Crippen LogP contribution is -2.26. The molecule has 5 heteroatoms. The fourth-order valence-electron chi connectivity index (χ4n) is 3.38. The lowest BCUT2D eigenvalue weighted by atomic mass is 10.0. The largest absolute Gasteiger partial charge is 0.341 e. The molecule has 4 nitrogen and oxygen atoms in total. The van der Waals surface area contributed by atoms with Crippen LogP contribution in [0.25, 0.3) is 11.1 Å². The van der Waals surface area contributed by atoms with Gasteiger partial charge in [-0.3, -0.25) is 4.79 Å². The summed E-state index contributed by atoms with van der Waals surface area (Å²) < 4.78 is 0. The molecule has 1 heterocycles. The molecule has 3 aromatic rings. The summed E-state index contributed by atoms with van der Waals surface area (Å²) in [4.78, 5) is 23.4. The molecule has 150 valence electrons. The van der Waals surface area contributed by atoms with Gasteiger partial charge in [0.2, 0.25) is 5.91 Å². The van der Waals surface area contributed by atoms with Gasteiger partial charge in [0.15, 0.2) is 5.16 Å². The SMILES string of the molecule is CSc1nc(C)c(CCC(=O)N(C)Cc2ccc(-c3ccccc3)cc2)c(C)n1. The van der Waals surface area contributed by atoms with Crippen molar-refractivity contribution in [2.45, 2.75) is 38.4 Å². The van der Waals surface area contributed by atoms with Crippen LogP contribution in [0.2, 0.25) is 0 Å². The Bertz CT molecular complexity index is 948. The van der Waals surface area contributed by atoms with E-state index in [9.17, 15) is 4.79 Å². The van der Waals surface area contributed by atoms with Crippen molar-refractivity contribution in [1.29, 1.82) is 0 Å². The second-order valence-electron chi connectivity index (χ2n) is 7.17. The van der Waals surface area contributed by atoms with Crippen LogP contribution in [-0.2, 0) is 17.8 Å². The van der Waals surface area contributed by atoms with Crippen LogP contribution in [0.3, 0.4) is 0 Å². The number of benzene rings is 2. The second-order valence-corrected chi connectivity index (χ2v) is 7.95. The third kappa shape index (κ3) is 5.45. The van der Waals surface area contributed by atoms with Gasteiger partial charge in [0.1, 0.15) is 0 Å². The molecule has 0 bridgehead atoms. The molecule has 1 amide bonds. The van der Waals surface area contributed by atoms with E-state index in [1.54, 1.807) is 4.90 Å². The number of nitrogens with zero attached hydrogens (tertiary/aromatic N) is 3. The summed E-state index contributed by atoms with van der Waals surface area (Å²) in [7, 11) is 1.86. The summed E-state index contributed by atoms with van der Waals surface area (Å²) >= 11 is 1.54. The van der Waals surface area contributed by atoms with Crippen molar-refractivity contribution in [3.63, 3.8) is 0 Å². The molecule has 0 aliphatic heterocycles. The molecule has 2 aromatic carbocycles. The average Bonchev–Trinajstić information content (AvgIpc) is 2.74. The van der Waals surface area contributed by atoms with E-state index >= 15 is 0 Å². The number of aryl methyl sites for hydroxylation is 2. The minimum atomic E-state index is 0.130. The predicted octanol–water partition coefficient (Wildman–Crippen LogP) is 5.07. The maximum Gasteiger partial charge on any atom is 0.222 e. The van der Waals surface area contributed by atoms with Crippen LogP contribution in [0.5, 0.6) is 0 Å². The van der Waals surface area contributed by atoms with Crippen LogP contribution in [0.15, 0.2) is 59.8 Å². The van der Waals surface area contributed by atoms with Crippen LogP contribution in [0.1, 0.15) is 28.9 Å². The zero-order valence-corrected chi connectivity index (χ0v) is 18.3. The molecular weight excluding hydrogens is 378 g/mol. The first-order valence-corrected chi connectivity index (χ1v) is 11.0. The Morgan fingerprint density at radius 2 is 1.52 bits per heavy atom. The highest BCUT2D eigenvalue weighted by Crippen LogP contribution is 2.20. The summed E-state index contributed by atoms with van der Waals surface area (Å²) in [6, 6.07) is 18.7. The number of aromatic nitrogens is 2. The zero-order chi connectivity index (χ0) is 20.8. The van der Waals surface area contributed by atoms with Gasteiger partial charge >= 0.3 is 0 Å². The van der Waals surface area contributed by atoms with E-state index in [1.165, 1.54) is 22.9 Å². The highest BCUT2D eigenvalue weighted by molar-refractivity contribution is 7.98. The monoisotopic (exact) mass is 405 g/mol. The molecule has 29 heavy (non-hydrogen) atoms. The molecule has 0 aliphatic rings. The molecule has 0 saturated heterocycles. The van der Waals surface area contributed by atoms with Crippen molar-refractivity contribution in [3.8, 4) is 11.1 Å². The number of hydrogen-bond acceptors (Lipinski definition) is 4. The number of carbonyl (C=O) groups is 1. The van der Waals surface area contributed by atoms with Crippen molar-refractivity contribution >= 4 is 17.7 Å². The summed E-state index contributed by atoms with van der Waals surface area (Å²) in [5.41, 5.74) is 6.52. The van der Waals surface area contributed by atoms with E-state index in [0.29, 0.717) is 19.4 Å². The van der Waals surface area contributed by atoms with E-state index in [0.717, 1.165) is 27.7 Å². The molecule has 0 fully saturated rings. The third-order valence-corrected chi connectivity index (χ3v) is 5.63. The number of thioether (sulfide) groups is 1. The van der Waals surface area contributed by atoms with Crippen LogP contribution >= 0.6 is 11.8 Å². The van der Waals surface area contributed by atoms with Gasteiger partial charge < -0.3 is 4.90 Å². The van der Waals surface area contributed by atoms with Gasteiger partial charge in [0.05, 0.1) is 0 Å². The molecule has 0 unspecified atom stereocenters. The van der Waals surface area contributed by atoms with Crippen LogP contribution in [0.4, 0.5) is 0 Å². The average molecular weight is 406 g/mol. The van der Waals surface area contributed by atoms with Crippen molar-refractivity contribution in [2.75, 3.05) is 13.3 Å². The predicted molar refractivity (Wildman–Crippen MR) is 120 cm³/mol. The standard InChI is InChI=1S/C24H27N3OS/c1-17-22(18(2)26-24(25-17)29-4)14-15-23(28)27(3)16-19-10-12-21(13-11-19)20-8-6-5-7-9-20/h5-13H,14-16H2,1-4H3. The van der Waals surface area contributed by atoms with E-state index < -0.39 is 0 Å². The zero-order valence-electron chi connectivity index (χ0n) is 17.5. The van der Waals surface area contributed by atoms with Gasteiger partial charge in [-0.15, -0.1) is 0 Å². The van der Waals surface area contributed by atoms with Crippen molar-refractivity contribution in [2.24, 2.45) is 0 Å². The molecule has 0 N–H and O–H groups in total. The Morgan fingerprint density at radius 3 is 2.10 bits per heavy atom. The minimum Gasteiger partial charge on any atom is -0.341 e. The fraction of sp³-hybridized carbons (Fsp3) is 0.292. The Hall–Kier alpha value is -2.66. The van der Waals surface area contributed by atoms with E-state index in [4.69, 9.17) is 0 Å². The van der Waals surface area contributed by atoms with Crippen LogP contribution in [0, 0.1) is 13.8 Å². The van der Waals surface area contributed by atoms with Gasteiger partial charge in [-0.1, -0.05) is 66.4 Å². The Balaban J connectivity index is 1.58. The molecule has 0 spiro atoms. The Morgan fingerprint density at radius 1 is 0.931 bits per heavy atom. The molecular formula is C24H27N3OS. The van der Waals surface area contributed by atoms with Crippen molar-refractivity contribution in [3.05, 3.63) is 77.1 Å². The highest BCUT2D eigenvalue weighted by atomic mass is 32.2. The Labute approximate surface area is 177 Å². The smallest absolute Gasteiger partial charge is 0.222 e. The molecule has 0 atom stereocenters. The molecule has 0 radical (unpaired) electrons. The van der Waals surface area contributed by atoms with Gasteiger partial charge in [0.25, 0.3) is 0 Å². The number of hydrogen-bond donors (Lipinski definition) is 0. The third-order valence-electron chi connectivity index (χ3n) is 5.08. The molecule has 0 saturated carbocycles. The van der Waals surface area contributed by atoms with Crippen molar-refractivity contribution in [1.82, 2.24) is 14.9 Å². The maximum absolute atomic E-state index is 12.6. The molecule has 3 rings (SSSR count). The van der Waals surface area contributed by atoms with Gasteiger partial charge in [-0.05, 0) is 48.8 Å². The first-order valence-electron chi connectivity index (χ1n) is 9.74. The fourth-order valence-corrected chi connectivity index (χ4v) is 3.84. The first-order chi connectivity index (χ1) is 14.0. The van der Waals surface area contributed by atoms with E-state index in [2.05, 4.69) is 46.4 Å². The highest BCUT2D eigenvalue weighted by Gasteiger charge is 2.13. The summed E-state index contributed by atoms with van der Waals surface area (Å²) in [5.74, 6) is 0.130. The number of carbonyl (C=O) groups excluding carboxylic acids is 1. The lowest BCUT2D eigenvalue weighted by Gasteiger charge is -2.18. The van der Waals surface area contributed by atoms with Crippen molar-refractivity contribution < 1.29 is 4.79 Å². The quantitative estimate of drug-likeness (QED) is 0.406. The molecule has 0 aliphatic carbocycles. The second kappa shape index (κ2) is 9.70. The Kier molecular flexibility index (Phi) is 7.04. The topological polar surface area (TPSA) is 46.1 Å². The van der Waals surface area contributed by atoms with E-state index in [-0.39, 0.29) is 5.91 Å². The maximum atomic E-state index is 12.6. The molecule has 1 aromatic heterocycles. The minimum absolute atomic E-state index is 0.130.